The standard InChI is InChI=1S/C22H32N2O3Si/c1-22(2,17-11-16-20(23)21(25)24(3)27-4)28(26,18-12-7-5-8-13-18)19-14-9-6-10-15-19/h5-10,12-15,20,26H,11,16-17,23H2,1-4H3. The van der Waals surface area contributed by atoms with Crippen LogP contribution in [0, 0.1) is 0 Å². The lowest BCUT2D eigenvalue weighted by atomic mass is 10.0. The maximum atomic E-state index is 12.1. The molecule has 0 aliphatic carbocycles. The Morgan fingerprint density at radius 2 is 1.57 bits per heavy atom. The minimum absolute atomic E-state index is 0.237. The van der Waals surface area contributed by atoms with Gasteiger partial charge in [-0.1, -0.05) is 80.9 Å². The Bertz CT molecular complexity index is 713. The van der Waals surface area contributed by atoms with Crippen molar-refractivity contribution in [2.75, 3.05) is 14.2 Å². The lowest BCUT2D eigenvalue weighted by Gasteiger charge is -2.41. The van der Waals surface area contributed by atoms with E-state index in [2.05, 4.69) is 13.8 Å². The van der Waals surface area contributed by atoms with Crippen LogP contribution in [0.5, 0.6) is 0 Å². The number of benzene rings is 2. The van der Waals surface area contributed by atoms with Gasteiger partial charge < -0.3 is 10.5 Å². The van der Waals surface area contributed by atoms with E-state index in [1.54, 1.807) is 7.05 Å². The Morgan fingerprint density at radius 3 is 2.00 bits per heavy atom. The van der Waals surface area contributed by atoms with Crippen LogP contribution in [0.4, 0.5) is 0 Å². The fraction of sp³-hybridized carbons (Fsp3) is 0.409. The lowest BCUT2D eigenvalue weighted by molar-refractivity contribution is -0.170. The highest BCUT2D eigenvalue weighted by molar-refractivity contribution is 6.98. The summed E-state index contributed by atoms with van der Waals surface area (Å²) in [5, 5.41) is 2.80. The minimum Gasteiger partial charge on any atom is -0.424 e. The van der Waals surface area contributed by atoms with Crippen LogP contribution in [0.3, 0.4) is 0 Å². The van der Waals surface area contributed by atoms with E-state index in [9.17, 15) is 9.59 Å². The van der Waals surface area contributed by atoms with Gasteiger partial charge in [0.1, 0.15) is 0 Å². The highest BCUT2D eigenvalue weighted by Gasteiger charge is 2.49. The summed E-state index contributed by atoms with van der Waals surface area (Å²) in [5.74, 6) is -0.237. The van der Waals surface area contributed by atoms with E-state index in [0.29, 0.717) is 6.42 Å². The van der Waals surface area contributed by atoms with Gasteiger partial charge in [-0.25, -0.2) is 5.06 Å². The topological polar surface area (TPSA) is 75.8 Å². The summed E-state index contributed by atoms with van der Waals surface area (Å²) in [5.41, 5.74) is 6.03. The van der Waals surface area contributed by atoms with Crippen LogP contribution in [-0.2, 0) is 9.63 Å². The number of hydrogen-bond donors (Lipinski definition) is 2. The van der Waals surface area contributed by atoms with Gasteiger partial charge >= 0.3 is 0 Å². The molecule has 0 saturated carbocycles. The van der Waals surface area contributed by atoms with Crippen molar-refractivity contribution in [3.8, 4) is 0 Å². The molecule has 0 saturated heterocycles. The number of amides is 1. The smallest absolute Gasteiger partial charge is 0.262 e. The molecule has 2 aromatic carbocycles. The summed E-state index contributed by atoms with van der Waals surface area (Å²) in [7, 11) is -0.0163. The number of carbonyl (C=O) groups excluding carboxylic acids is 1. The largest absolute Gasteiger partial charge is 0.424 e. The molecule has 0 aliphatic rings. The zero-order valence-electron chi connectivity index (χ0n) is 17.3. The number of nitrogens with zero attached hydrogens (tertiary/aromatic N) is 1. The first-order valence-electron chi connectivity index (χ1n) is 9.64. The van der Waals surface area contributed by atoms with Crippen LogP contribution in [0.25, 0.3) is 0 Å². The number of hydroxylamine groups is 2. The molecule has 2 aromatic rings. The Morgan fingerprint density at radius 1 is 1.11 bits per heavy atom. The third-order valence-electron chi connectivity index (χ3n) is 5.58. The Kier molecular flexibility index (Phi) is 7.54. The van der Waals surface area contributed by atoms with Crippen LogP contribution < -0.4 is 16.1 Å². The third-order valence-corrected chi connectivity index (χ3v) is 10.1. The van der Waals surface area contributed by atoms with Gasteiger partial charge in [-0.05, 0) is 28.3 Å². The number of hydrogen-bond acceptors (Lipinski definition) is 4. The predicted molar refractivity (Wildman–Crippen MR) is 116 cm³/mol. The van der Waals surface area contributed by atoms with E-state index < -0.39 is 14.4 Å². The van der Waals surface area contributed by atoms with E-state index in [1.165, 1.54) is 7.11 Å². The van der Waals surface area contributed by atoms with Gasteiger partial charge in [0, 0.05) is 7.05 Å². The Hall–Kier alpha value is -1.99. The van der Waals surface area contributed by atoms with E-state index in [0.717, 1.165) is 28.3 Å². The molecule has 0 bridgehead atoms. The average Bonchev–Trinajstić information content (AvgIpc) is 2.72. The maximum absolute atomic E-state index is 12.1. The zero-order valence-corrected chi connectivity index (χ0v) is 18.3. The molecular formula is C22H32N2O3Si. The van der Waals surface area contributed by atoms with Crippen molar-refractivity contribution in [1.82, 2.24) is 5.06 Å². The highest BCUT2D eigenvalue weighted by atomic mass is 28.4. The van der Waals surface area contributed by atoms with E-state index in [1.807, 2.05) is 60.7 Å². The minimum atomic E-state index is -3.02. The maximum Gasteiger partial charge on any atom is 0.262 e. The van der Waals surface area contributed by atoms with Crippen molar-refractivity contribution >= 4 is 24.6 Å². The van der Waals surface area contributed by atoms with Gasteiger partial charge in [0.15, 0.2) is 0 Å². The fourth-order valence-electron chi connectivity index (χ4n) is 3.70. The SMILES string of the molecule is CON(C)C(=O)C(N)CCCC(C)(C)[Si](O)(c1ccccc1)c1ccccc1. The molecule has 152 valence electrons. The molecule has 0 spiro atoms. The van der Waals surface area contributed by atoms with Crippen molar-refractivity contribution in [2.24, 2.45) is 5.73 Å². The van der Waals surface area contributed by atoms with Crippen molar-refractivity contribution in [1.29, 1.82) is 0 Å². The van der Waals surface area contributed by atoms with Gasteiger partial charge in [0.25, 0.3) is 14.2 Å². The van der Waals surface area contributed by atoms with Gasteiger partial charge in [0.2, 0.25) is 0 Å². The molecule has 0 radical (unpaired) electrons. The summed E-state index contributed by atoms with van der Waals surface area (Å²) in [6, 6.07) is 19.3. The number of nitrogens with two attached hydrogens (primary N) is 1. The van der Waals surface area contributed by atoms with E-state index in [4.69, 9.17) is 10.6 Å². The van der Waals surface area contributed by atoms with Gasteiger partial charge in [-0.2, -0.15) is 0 Å². The number of rotatable bonds is 9. The summed E-state index contributed by atoms with van der Waals surface area (Å²) < 4.78 is 0. The van der Waals surface area contributed by atoms with Gasteiger partial charge in [0.05, 0.1) is 13.2 Å². The fourth-order valence-corrected chi connectivity index (χ4v) is 7.48. The van der Waals surface area contributed by atoms with E-state index in [-0.39, 0.29) is 10.9 Å². The highest BCUT2D eigenvalue weighted by Crippen LogP contribution is 2.40. The molecule has 2 rings (SSSR count). The quantitative estimate of drug-likeness (QED) is 0.499. The van der Waals surface area contributed by atoms with Crippen LogP contribution in [0.1, 0.15) is 33.1 Å². The molecule has 0 aliphatic heterocycles. The molecule has 1 atom stereocenters. The second-order valence-electron chi connectivity index (χ2n) is 7.84. The molecule has 0 heterocycles. The summed E-state index contributed by atoms with van der Waals surface area (Å²) in [6.45, 7) is 4.24. The lowest BCUT2D eigenvalue weighted by Crippen LogP contribution is -2.65. The Balaban J connectivity index is 2.22. The monoisotopic (exact) mass is 400 g/mol. The molecule has 6 heteroatoms. The molecule has 0 fully saturated rings. The second kappa shape index (κ2) is 9.47. The molecule has 0 aromatic heterocycles. The molecule has 28 heavy (non-hydrogen) atoms. The Labute approximate surface area is 169 Å². The number of carbonyl (C=O) groups is 1. The molecular weight excluding hydrogens is 368 g/mol. The normalized spacial score (nSPS) is 13.2. The summed E-state index contributed by atoms with van der Waals surface area (Å²) in [4.78, 5) is 29.1. The average molecular weight is 401 g/mol. The summed E-state index contributed by atoms with van der Waals surface area (Å²) in [6.07, 6.45) is 2.05. The molecule has 1 unspecified atom stereocenters. The van der Waals surface area contributed by atoms with Gasteiger partial charge in [-0.15, -0.1) is 0 Å². The van der Waals surface area contributed by atoms with Crippen LogP contribution in [0.2, 0.25) is 5.04 Å². The van der Waals surface area contributed by atoms with Crippen molar-refractivity contribution in [2.45, 2.75) is 44.2 Å². The van der Waals surface area contributed by atoms with Crippen molar-refractivity contribution in [3.63, 3.8) is 0 Å². The van der Waals surface area contributed by atoms with Gasteiger partial charge in [-0.3, -0.25) is 9.63 Å². The first-order chi connectivity index (χ1) is 13.2. The van der Waals surface area contributed by atoms with E-state index >= 15 is 0 Å². The van der Waals surface area contributed by atoms with Crippen LogP contribution >= 0.6 is 0 Å². The third kappa shape index (κ3) is 4.70. The van der Waals surface area contributed by atoms with Crippen molar-refractivity contribution < 1.29 is 14.4 Å². The van der Waals surface area contributed by atoms with Crippen LogP contribution in [0.15, 0.2) is 60.7 Å². The second-order valence-corrected chi connectivity index (χ2v) is 11.8. The summed E-state index contributed by atoms with van der Waals surface area (Å²) >= 11 is 0. The molecule has 3 N–H and O–H groups in total. The first kappa shape index (κ1) is 22.3. The molecule has 5 nitrogen and oxygen atoms in total. The van der Waals surface area contributed by atoms with Crippen LogP contribution in [-0.4, -0.2) is 44.3 Å². The zero-order chi connectivity index (χ0) is 20.8. The molecule has 1 amide bonds. The number of likely N-dealkylation sites (N-methyl/N-ethyl adjacent to an activating group) is 1. The predicted octanol–water partition coefficient (Wildman–Crippen LogP) is 2.04. The first-order valence-corrected chi connectivity index (χ1v) is 11.6. The van der Waals surface area contributed by atoms with Crippen molar-refractivity contribution in [3.05, 3.63) is 60.7 Å².